The molecule has 0 saturated carbocycles. The van der Waals surface area contributed by atoms with Crippen LogP contribution < -0.4 is 10.6 Å². The minimum Gasteiger partial charge on any atom is -0.394 e. The minimum absolute atomic E-state index is 0.0579. The maximum atomic E-state index is 14.2. The summed E-state index contributed by atoms with van der Waals surface area (Å²) in [5.74, 6) is -2.36. The average Bonchev–Trinajstić information content (AvgIpc) is 3.44. The third kappa shape index (κ3) is 4.12. The molecule has 1 spiro atoms. The predicted octanol–water partition coefficient (Wildman–Crippen LogP) is 3.10. The smallest absolute Gasteiger partial charge is 0.246 e. The third-order valence-corrected chi connectivity index (χ3v) is 8.62. The van der Waals surface area contributed by atoms with Crippen LogP contribution in [0.5, 0.6) is 0 Å². The van der Waals surface area contributed by atoms with E-state index in [4.69, 9.17) is 4.74 Å². The zero-order valence-corrected chi connectivity index (χ0v) is 22.1. The second-order valence-electron chi connectivity index (χ2n) is 11.1. The number of aliphatic hydroxyl groups is 1. The maximum absolute atomic E-state index is 14.2. The second-order valence-corrected chi connectivity index (χ2v) is 11.1. The number of ether oxygens (including phenoxy) is 1. The van der Waals surface area contributed by atoms with E-state index >= 15 is 0 Å². The molecule has 198 valence electrons. The van der Waals surface area contributed by atoms with Crippen LogP contribution >= 0.6 is 0 Å². The average molecular weight is 500 g/mol. The zero-order chi connectivity index (χ0) is 26.3. The van der Waals surface area contributed by atoms with Gasteiger partial charge in [-0.2, -0.15) is 0 Å². The van der Waals surface area contributed by atoms with Gasteiger partial charge in [0, 0.05) is 11.7 Å². The van der Waals surface area contributed by atoms with Gasteiger partial charge in [-0.05, 0) is 50.7 Å². The fourth-order valence-electron chi connectivity index (χ4n) is 6.90. The first-order valence-corrected chi connectivity index (χ1v) is 13.4. The molecule has 3 unspecified atom stereocenters. The Morgan fingerprint density at radius 2 is 1.83 bits per heavy atom. The lowest BCUT2D eigenvalue weighted by Gasteiger charge is -2.39. The number of anilines is 1. The Hall–Kier alpha value is -2.45. The minimum atomic E-state index is -1.09. The lowest BCUT2D eigenvalue weighted by atomic mass is 9.65. The molecule has 1 aromatic carbocycles. The van der Waals surface area contributed by atoms with Crippen LogP contribution in [0, 0.1) is 17.8 Å². The van der Waals surface area contributed by atoms with Crippen molar-refractivity contribution in [3.8, 4) is 0 Å². The van der Waals surface area contributed by atoms with E-state index in [2.05, 4.69) is 17.6 Å². The molecule has 3 amide bonds. The number of carbonyl (C=O) groups is 3. The highest BCUT2D eigenvalue weighted by molar-refractivity contribution is 6.02. The lowest BCUT2D eigenvalue weighted by molar-refractivity contribution is -0.151. The van der Waals surface area contributed by atoms with E-state index in [1.807, 2.05) is 58.0 Å². The number of hydrogen-bond acceptors (Lipinski definition) is 5. The highest BCUT2D eigenvalue weighted by atomic mass is 16.5. The fourth-order valence-corrected chi connectivity index (χ4v) is 6.90. The van der Waals surface area contributed by atoms with Crippen molar-refractivity contribution in [2.24, 2.45) is 17.8 Å². The molecule has 3 saturated heterocycles. The van der Waals surface area contributed by atoms with Crippen LogP contribution in [0.3, 0.4) is 0 Å². The van der Waals surface area contributed by atoms with Crippen molar-refractivity contribution in [3.05, 3.63) is 30.3 Å². The van der Waals surface area contributed by atoms with Gasteiger partial charge >= 0.3 is 0 Å². The summed E-state index contributed by atoms with van der Waals surface area (Å²) in [4.78, 5) is 43.4. The SMILES string of the molecule is CCCC(C)NC(=O)C1N([C@@H](CO)C(C)C)C(=O)[C@@H]2[C@H](C(=O)Nc3ccccc3)[C@]3(CC)CCC12O3. The van der Waals surface area contributed by atoms with Crippen LogP contribution in [0.4, 0.5) is 5.69 Å². The van der Waals surface area contributed by atoms with Crippen LogP contribution in [0.2, 0.25) is 0 Å². The van der Waals surface area contributed by atoms with Crippen molar-refractivity contribution in [1.29, 1.82) is 0 Å². The zero-order valence-electron chi connectivity index (χ0n) is 22.1. The van der Waals surface area contributed by atoms with Crippen LogP contribution in [-0.2, 0) is 19.1 Å². The molecule has 3 aliphatic heterocycles. The van der Waals surface area contributed by atoms with Crippen molar-refractivity contribution >= 4 is 23.4 Å². The number of fused-ring (bicyclic) bond motifs is 1. The molecule has 0 aromatic heterocycles. The van der Waals surface area contributed by atoms with Gasteiger partial charge in [-0.1, -0.05) is 52.3 Å². The summed E-state index contributed by atoms with van der Waals surface area (Å²) in [6.07, 6.45) is 3.44. The second kappa shape index (κ2) is 10.1. The number of hydrogen-bond donors (Lipinski definition) is 3. The molecule has 8 heteroatoms. The Labute approximate surface area is 214 Å². The van der Waals surface area contributed by atoms with Crippen molar-refractivity contribution in [2.75, 3.05) is 11.9 Å². The first-order valence-electron chi connectivity index (χ1n) is 13.4. The van der Waals surface area contributed by atoms with Crippen molar-refractivity contribution in [2.45, 2.75) is 96.1 Å². The van der Waals surface area contributed by atoms with E-state index in [0.29, 0.717) is 24.9 Å². The van der Waals surface area contributed by atoms with E-state index in [9.17, 15) is 19.5 Å². The Balaban J connectivity index is 1.77. The summed E-state index contributed by atoms with van der Waals surface area (Å²) in [6.45, 7) is 9.60. The van der Waals surface area contributed by atoms with Gasteiger partial charge < -0.3 is 25.4 Å². The van der Waals surface area contributed by atoms with Gasteiger partial charge in [-0.15, -0.1) is 0 Å². The Morgan fingerprint density at radius 1 is 1.14 bits per heavy atom. The largest absolute Gasteiger partial charge is 0.394 e. The molecule has 0 aliphatic carbocycles. The molecular formula is C28H41N3O5. The Bertz CT molecular complexity index is 985. The quantitative estimate of drug-likeness (QED) is 0.459. The summed E-state index contributed by atoms with van der Waals surface area (Å²) < 4.78 is 6.78. The molecule has 3 aliphatic rings. The summed E-state index contributed by atoms with van der Waals surface area (Å²) in [6, 6.07) is 7.70. The predicted molar refractivity (Wildman–Crippen MR) is 137 cm³/mol. The van der Waals surface area contributed by atoms with E-state index in [0.717, 1.165) is 12.8 Å². The monoisotopic (exact) mass is 499 g/mol. The van der Waals surface area contributed by atoms with Crippen LogP contribution in [0.15, 0.2) is 30.3 Å². The van der Waals surface area contributed by atoms with Crippen LogP contribution in [0.1, 0.15) is 66.7 Å². The fraction of sp³-hybridized carbons (Fsp3) is 0.679. The summed E-state index contributed by atoms with van der Waals surface area (Å²) in [5, 5.41) is 16.4. The summed E-state index contributed by atoms with van der Waals surface area (Å²) in [7, 11) is 0. The normalized spacial score (nSPS) is 32.5. The Morgan fingerprint density at radius 3 is 2.42 bits per heavy atom. The standard InChI is InChI=1S/C28H41N3O5/c1-6-11-18(5)29-25(34)23-28-15-14-27(7-2,36-28)21(24(33)30-19-12-9-8-10-13-19)22(28)26(35)31(23)20(16-32)17(3)4/h8-10,12-13,17-18,20-23,32H,6-7,11,14-16H2,1-5H3,(H,29,34)(H,30,33)/t18?,20-,21+,22-,23?,27-,28?/m0/s1. The number of likely N-dealkylation sites (tertiary alicyclic amines) is 1. The molecule has 0 radical (unpaired) electrons. The summed E-state index contributed by atoms with van der Waals surface area (Å²) in [5.41, 5.74) is -1.24. The number of amides is 3. The van der Waals surface area contributed by atoms with Crippen LogP contribution in [-0.4, -0.2) is 63.7 Å². The number of para-hydroxylation sites is 1. The van der Waals surface area contributed by atoms with Gasteiger partial charge in [-0.3, -0.25) is 14.4 Å². The molecule has 3 fully saturated rings. The van der Waals surface area contributed by atoms with Gasteiger partial charge in [-0.25, -0.2) is 0 Å². The topological polar surface area (TPSA) is 108 Å². The lowest BCUT2D eigenvalue weighted by Crippen LogP contribution is -2.59. The van der Waals surface area contributed by atoms with Gasteiger partial charge in [0.2, 0.25) is 17.7 Å². The first-order chi connectivity index (χ1) is 17.2. The van der Waals surface area contributed by atoms with Crippen LogP contribution in [0.25, 0.3) is 0 Å². The number of carbonyl (C=O) groups excluding carboxylic acids is 3. The number of nitrogens with one attached hydrogen (secondary N) is 2. The Kier molecular flexibility index (Phi) is 7.49. The number of nitrogens with zero attached hydrogens (tertiary/aromatic N) is 1. The number of aliphatic hydroxyl groups excluding tert-OH is 1. The van der Waals surface area contributed by atoms with Gasteiger partial charge in [0.25, 0.3) is 0 Å². The van der Waals surface area contributed by atoms with Crippen molar-refractivity contribution in [3.63, 3.8) is 0 Å². The highest BCUT2D eigenvalue weighted by Gasteiger charge is 2.79. The van der Waals surface area contributed by atoms with Gasteiger partial charge in [0.1, 0.15) is 11.6 Å². The molecule has 7 atom stereocenters. The van der Waals surface area contributed by atoms with Crippen molar-refractivity contribution in [1.82, 2.24) is 10.2 Å². The number of rotatable bonds is 10. The molecule has 3 heterocycles. The summed E-state index contributed by atoms with van der Waals surface area (Å²) >= 11 is 0. The molecular weight excluding hydrogens is 458 g/mol. The highest BCUT2D eigenvalue weighted by Crippen LogP contribution is 2.64. The molecule has 36 heavy (non-hydrogen) atoms. The molecule has 1 aromatic rings. The molecule has 2 bridgehead atoms. The van der Waals surface area contributed by atoms with E-state index in [-0.39, 0.29) is 36.3 Å². The van der Waals surface area contributed by atoms with Crippen molar-refractivity contribution < 1.29 is 24.2 Å². The van der Waals surface area contributed by atoms with E-state index < -0.39 is 35.1 Å². The molecule has 3 N–H and O–H groups in total. The molecule has 8 nitrogen and oxygen atoms in total. The third-order valence-electron chi connectivity index (χ3n) is 8.62. The van der Waals surface area contributed by atoms with Gasteiger partial charge in [0.05, 0.1) is 30.1 Å². The molecule has 4 rings (SSSR count). The first kappa shape index (κ1) is 26.6. The maximum Gasteiger partial charge on any atom is 0.246 e. The van der Waals surface area contributed by atoms with Gasteiger partial charge in [0.15, 0.2) is 0 Å². The van der Waals surface area contributed by atoms with E-state index in [1.165, 1.54) is 0 Å². The number of benzene rings is 1. The van der Waals surface area contributed by atoms with E-state index in [1.54, 1.807) is 4.90 Å².